The van der Waals surface area contributed by atoms with Gasteiger partial charge in [-0.3, -0.25) is 14.5 Å². The van der Waals surface area contributed by atoms with Crippen molar-refractivity contribution < 1.29 is 43.2 Å². The second-order valence-electron chi connectivity index (χ2n) is 9.26. The quantitative estimate of drug-likeness (QED) is 0.105. The fourth-order valence-electron chi connectivity index (χ4n) is 4.57. The highest BCUT2D eigenvalue weighted by Gasteiger charge is 2.49. The highest BCUT2D eigenvalue weighted by molar-refractivity contribution is 7.17. The monoisotopic (exact) mass is 596 g/mol. The fourth-order valence-corrected chi connectivity index (χ4v) is 5.58. The van der Waals surface area contributed by atoms with Gasteiger partial charge in [0.15, 0.2) is 16.6 Å². The van der Waals surface area contributed by atoms with Crippen molar-refractivity contribution in [3.8, 4) is 23.0 Å². The van der Waals surface area contributed by atoms with Gasteiger partial charge in [0.2, 0.25) is 5.75 Å². The lowest BCUT2D eigenvalue weighted by molar-refractivity contribution is -0.132. The average Bonchev–Trinajstić information content (AvgIpc) is 3.51. The first-order valence-electron chi connectivity index (χ1n) is 13.1. The van der Waals surface area contributed by atoms with E-state index in [2.05, 4.69) is 11.9 Å². The number of benzene rings is 2. The smallest absolute Gasteiger partial charge is 0.350 e. The van der Waals surface area contributed by atoms with E-state index in [0.29, 0.717) is 34.9 Å². The van der Waals surface area contributed by atoms with E-state index >= 15 is 0 Å². The minimum atomic E-state index is -1.16. The van der Waals surface area contributed by atoms with Crippen LogP contribution in [-0.2, 0) is 14.3 Å². The minimum absolute atomic E-state index is 0.0764. The molecule has 0 aliphatic carbocycles. The second-order valence-corrected chi connectivity index (χ2v) is 10.2. The van der Waals surface area contributed by atoms with Crippen molar-refractivity contribution in [1.82, 2.24) is 4.98 Å². The highest BCUT2D eigenvalue weighted by Crippen LogP contribution is 2.48. The number of methoxy groups -OCH3 is 4. The maximum atomic E-state index is 13.6. The fraction of sp³-hybridized carbons (Fsp3) is 0.333. The number of rotatable bonds is 11. The summed E-state index contributed by atoms with van der Waals surface area (Å²) in [6, 6.07) is 8.60. The van der Waals surface area contributed by atoms with Crippen molar-refractivity contribution in [3.63, 3.8) is 0 Å². The summed E-state index contributed by atoms with van der Waals surface area (Å²) in [6.45, 7) is 4.21. The van der Waals surface area contributed by atoms with E-state index in [0.717, 1.165) is 29.1 Å². The zero-order chi connectivity index (χ0) is 30.6. The summed E-state index contributed by atoms with van der Waals surface area (Å²) in [4.78, 5) is 45.3. The topological polar surface area (TPSA) is 134 Å². The predicted molar refractivity (Wildman–Crippen MR) is 156 cm³/mol. The largest absolute Gasteiger partial charge is 0.507 e. The number of carbonyl (C=O) groups excluding carboxylic acids is 3. The number of aryl methyl sites for hydroxylation is 1. The van der Waals surface area contributed by atoms with Crippen molar-refractivity contribution >= 4 is 39.9 Å². The van der Waals surface area contributed by atoms with Crippen LogP contribution in [0.3, 0.4) is 0 Å². The Bertz CT molecular complexity index is 1500. The first-order valence-corrected chi connectivity index (χ1v) is 13.9. The Morgan fingerprint density at radius 2 is 1.67 bits per heavy atom. The molecule has 1 aliphatic rings. The molecule has 0 saturated carbocycles. The third-order valence-corrected chi connectivity index (χ3v) is 7.84. The molecule has 1 fully saturated rings. The summed E-state index contributed by atoms with van der Waals surface area (Å²) in [5.74, 6) is -1.42. The molecule has 4 rings (SSSR count). The molecule has 3 aromatic rings. The molecule has 12 heteroatoms. The van der Waals surface area contributed by atoms with Crippen LogP contribution in [0, 0.1) is 6.92 Å². The summed E-state index contributed by atoms with van der Waals surface area (Å²) in [5.41, 5.74) is 0.823. The van der Waals surface area contributed by atoms with Gasteiger partial charge >= 0.3 is 11.9 Å². The zero-order valence-corrected chi connectivity index (χ0v) is 25.0. The van der Waals surface area contributed by atoms with Crippen LogP contribution in [0.2, 0.25) is 0 Å². The Morgan fingerprint density at radius 1 is 1.02 bits per heavy atom. The molecular formula is C30H32N2O9S. The van der Waals surface area contributed by atoms with Crippen LogP contribution >= 0.6 is 11.3 Å². The molecule has 1 amide bonds. The van der Waals surface area contributed by atoms with Gasteiger partial charge in [-0.2, -0.15) is 0 Å². The maximum Gasteiger partial charge on any atom is 0.350 e. The Morgan fingerprint density at radius 3 is 2.21 bits per heavy atom. The van der Waals surface area contributed by atoms with Crippen molar-refractivity contribution in [2.45, 2.75) is 32.7 Å². The molecule has 0 bridgehead atoms. The number of aliphatic hydroxyl groups is 1. The molecular weight excluding hydrogens is 564 g/mol. The zero-order valence-electron chi connectivity index (χ0n) is 24.2. The van der Waals surface area contributed by atoms with Crippen LogP contribution < -0.4 is 23.8 Å². The number of Topliss-reactive ketones (excluding diaryl/α,β-unsaturated/α-hetero) is 1. The average molecular weight is 597 g/mol. The number of amides is 1. The van der Waals surface area contributed by atoms with Gasteiger partial charge in [-0.15, -0.1) is 0 Å². The van der Waals surface area contributed by atoms with Crippen molar-refractivity contribution in [2.24, 2.45) is 0 Å². The van der Waals surface area contributed by atoms with Gasteiger partial charge in [0.05, 0.1) is 52.4 Å². The van der Waals surface area contributed by atoms with Crippen LogP contribution in [-0.4, -0.2) is 62.8 Å². The van der Waals surface area contributed by atoms with Crippen LogP contribution in [0.15, 0.2) is 42.0 Å². The lowest BCUT2D eigenvalue weighted by Crippen LogP contribution is -2.29. The predicted octanol–water partition coefficient (Wildman–Crippen LogP) is 5.07. The highest BCUT2D eigenvalue weighted by atomic mass is 32.1. The molecule has 11 nitrogen and oxygen atoms in total. The molecule has 1 atom stereocenters. The molecule has 222 valence electrons. The van der Waals surface area contributed by atoms with Gasteiger partial charge in [-0.25, -0.2) is 9.78 Å². The summed E-state index contributed by atoms with van der Waals surface area (Å²) in [6.07, 6.45) is 1.88. The van der Waals surface area contributed by atoms with Crippen LogP contribution in [0.4, 0.5) is 5.13 Å². The van der Waals surface area contributed by atoms with Gasteiger partial charge in [0.1, 0.15) is 16.4 Å². The number of anilines is 1. The number of ketones is 1. The van der Waals surface area contributed by atoms with Gasteiger partial charge in [0.25, 0.3) is 5.78 Å². The molecule has 1 aliphatic heterocycles. The van der Waals surface area contributed by atoms with E-state index in [1.54, 1.807) is 43.3 Å². The van der Waals surface area contributed by atoms with E-state index < -0.39 is 29.5 Å². The molecule has 42 heavy (non-hydrogen) atoms. The molecule has 1 N–H and O–H groups in total. The van der Waals surface area contributed by atoms with E-state index in [-0.39, 0.29) is 27.1 Å². The number of carbonyl (C=O) groups is 3. The number of hydrogen-bond donors (Lipinski definition) is 1. The van der Waals surface area contributed by atoms with E-state index in [1.165, 1.54) is 28.4 Å². The Hall–Kier alpha value is -4.58. The van der Waals surface area contributed by atoms with Crippen LogP contribution in [0.5, 0.6) is 23.0 Å². The molecule has 1 aromatic heterocycles. The van der Waals surface area contributed by atoms with Crippen molar-refractivity contribution in [2.75, 3.05) is 39.9 Å². The molecule has 0 radical (unpaired) electrons. The summed E-state index contributed by atoms with van der Waals surface area (Å²) in [7, 11) is 5.57. The third kappa shape index (κ3) is 5.62. The Labute approximate surface area is 247 Å². The first-order chi connectivity index (χ1) is 20.2. The van der Waals surface area contributed by atoms with Gasteiger partial charge in [-0.05, 0) is 55.3 Å². The molecule has 0 spiro atoms. The summed E-state index contributed by atoms with van der Waals surface area (Å²) < 4.78 is 27.0. The Kier molecular flexibility index (Phi) is 9.36. The van der Waals surface area contributed by atoms with E-state index in [4.69, 9.17) is 23.7 Å². The number of nitrogens with zero attached hydrogens (tertiary/aromatic N) is 2. The number of unbranched alkanes of at least 4 members (excludes halogenated alkanes) is 1. The normalized spacial score (nSPS) is 16.0. The number of aliphatic hydroxyl groups excluding tert-OH is 1. The van der Waals surface area contributed by atoms with Gasteiger partial charge in [0, 0.05) is 5.56 Å². The van der Waals surface area contributed by atoms with Crippen LogP contribution in [0.1, 0.15) is 52.3 Å². The van der Waals surface area contributed by atoms with E-state index in [9.17, 15) is 19.5 Å². The number of aromatic nitrogens is 1. The van der Waals surface area contributed by atoms with Gasteiger partial charge < -0.3 is 28.8 Å². The molecule has 2 heterocycles. The molecule has 1 unspecified atom stereocenters. The number of ether oxygens (including phenoxy) is 5. The Balaban J connectivity index is 1.92. The molecule has 1 saturated heterocycles. The summed E-state index contributed by atoms with van der Waals surface area (Å²) >= 11 is 0.901. The van der Waals surface area contributed by atoms with Crippen LogP contribution in [0.25, 0.3) is 5.76 Å². The minimum Gasteiger partial charge on any atom is -0.507 e. The maximum absolute atomic E-state index is 13.6. The molecule has 2 aromatic carbocycles. The summed E-state index contributed by atoms with van der Waals surface area (Å²) in [5, 5.41) is 11.6. The van der Waals surface area contributed by atoms with Crippen molar-refractivity contribution in [3.05, 3.63) is 63.7 Å². The van der Waals surface area contributed by atoms with E-state index in [1.807, 2.05) is 0 Å². The number of thiazole rings is 1. The lowest BCUT2D eigenvalue weighted by atomic mass is 9.94. The second kappa shape index (κ2) is 12.9. The number of esters is 1. The number of hydrogen-bond acceptors (Lipinski definition) is 11. The van der Waals surface area contributed by atoms with Gasteiger partial charge in [-0.1, -0.05) is 24.7 Å². The standard InChI is InChI=1S/C30H32N2O9S/c1-7-8-13-41-19-11-9-17(10-12-19)24(33)22-23(18-14-20(37-3)26(39-5)21(15-18)38-4)32(28(35)25(22)34)30-31-16(2)27(42-30)29(36)40-6/h9-12,14-15,23,33H,7-8,13H2,1-6H3/b24-22-. The first kappa shape index (κ1) is 30.4. The SMILES string of the molecule is CCCCOc1ccc(/C(O)=C2/C(=O)C(=O)N(c3nc(C)c(C(=O)OC)s3)C2c2cc(OC)c(OC)c(OC)c2)cc1. The third-order valence-electron chi connectivity index (χ3n) is 6.70. The van der Waals surface area contributed by atoms with Crippen molar-refractivity contribution in [1.29, 1.82) is 0 Å². The lowest BCUT2D eigenvalue weighted by Gasteiger charge is -2.24.